The summed E-state index contributed by atoms with van der Waals surface area (Å²) in [6.07, 6.45) is 5.15. The number of nitrogens with zero attached hydrogens (tertiary/aromatic N) is 1. The summed E-state index contributed by atoms with van der Waals surface area (Å²) in [5.74, 6) is 0. The fourth-order valence-electron chi connectivity index (χ4n) is 3.62. The van der Waals surface area contributed by atoms with Gasteiger partial charge >= 0.3 is 0 Å². The zero-order valence-corrected chi connectivity index (χ0v) is 10.8. The van der Waals surface area contributed by atoms with Crippen LogP contribution < -0.4 is 5.73 Å². The molecule has 0 saturated carbocycles. The molecule has 2 aliphatic rings. The molecule has 0 bridgehead atoms. The van der Waals surface area contributed by atoms with Crippen LogP contribution in [0.1, 0.15) is 39.5 Å². The van der Waals surface area contributed by atoms with E-state index in [4.69, 9.17) is 10.5 Å². The molecule has 0 unspecified atom stereocenters. The summed E-state index contributed by atoms with van der Waals surface area (Å²) in [4.78, 5) is 2.55. The average molecular weight is 226 g/mol. The molecule has 2 fully saturated rings. The molecular formula is C13H26N2O. The van der Waals surface area contributed by atoms with Crippen molar-refractivity contribution in [2.45, 2.75) is 45.1 Å². The van der Waals surface area contributed by atoms with E-state index in [1.165, 1.54) is 38.8 Å². The van der Waals surface area contributed by atoms with E-state index in [1.54, 1.807) is 0 Å². The van der Waals surface area contributed by atoms with Gasteiger partial charge in [0.05, 0.1) is 5.60 Å². The van der Waals surface area contributed by atoms with Crippen LogP contribution >= 0.6 is 0 Å². The van der Waals surface area contributed by atoms with Crippen LogP contribution in [0.3, 0.4) is 0 Å². The molecular weight excluding hydrogens is 200 g/mol. The lowest BCUT2D eigenvalue weighted by atomic mass is 9.69. The second kappa shape index (κ2) is 4.63. The van der Waals surface area contributed by atoms with Crippen LogP contribution in [0.25, 0.3) is 0 Å². The second-order valence-electron chi connectivity index (χ2n) is 6.20. The molecule has 1 spiro atoms. The van der Waals surface area contributed by atoms with E-state index in [0.717, 1.165) is 19.7 Å². The first kappa shape index (κ1) is 12.3. The van der Waals surface area contributed by atoms with Crippen molar-refractivity contribution in [2.24, 2.45) is 11.1 Å². The van der Waals surface area contributed by atoms with Gasteiger partial charge in [-0.1, -0.05) is 0 Å². The van der Waals surface area contributed by atoms with Crippen LogP contribution in [0.5, 0.6) is 0 Å². The van der Waals surface area contributed by atoms with Crippen LogP contribution in [-0.2, 0) is 4.74 Å². The number of nitrogens with two attached hydrogens (primary N) is 1. The summed E-state index contributed by atoms with van der Waals surface area (Å²) < 4.78 is 5.84. The van der Waals surface area contributed by atoms with Crippen molar-refractivity contribution in [2.75, 3.05) is 32.8 Å². The molecule has 2 rings (SSSR count). The maximum Gasteiger partial charge on any atom is 0.0632 e. The van der Waals surface area contributed by atoms with Crippen LogP contribution in [0, 0.1) is 5.41 Å². The molecule has 0 aliphatic carbocycles. The molecule has 0 amide bonds. The Balaban J connectivity index is 2.00. The first-order chi connectivity index (χ1) is 7.55. The fourth-order valence-corrected chi connectivity index (χ4v) is 3.62. The van der Waals surface area contributed by atoms with Crippen molar-refractivity contribution in [1.82, 2.24) is 4.90 Å². The van der Waals surface area contributed by atoms with Gasteiger partial charge in [0, 0.05) is 26.2 Å². The number of rotatable bonds is 2. The zero-order chi connectivity index (χ0) is 11.6. The Labute approximate surface area is 99.3 Å². The van der Waals surface area contributed by atoms with Gasteiger partial charge in [0.1, 0.15) is 0 Å². The predicted molar refractivity (Wildman–Crippen MR) is 66.4 cm³/mol. The second-order valence-corrected chi connectivity index (χ2v) is 6.20. The van der Waals surface area contributed by atoms with Crippen LogP contribution in [0.2, 0.25) is 0 Å². The van der Waals surface area contributed by atoms with Crippen LogP contribution in [0.4, 0.5) is 0 Å². The van der Waals surface area contributed by atoms with Crippen molar-refractivity contribution in [3.8, 4) is 0 Å². The Morgan fingerprint density at radius 3 is 2.81 bits per heavy atom. The van der Waals surface area contributed by atoms with Gasteiger partial charge in [-0.3, -0.25) is 0 Å². The van der Waals surface area contributed by atoms with Gasteiger partial charge in [0.2, 0.25) is 0 Å². The lowest BCUT2D eigenvalue weighted by molar-refractivity contribution is -0.122. The van der Waals surface area contributed by atoms with Gasteiger partial charge in [-0.05, 0) is 51.5 Å². The first-order valence-electron chi connectivity index (χ1n) is 6.62. The van der Waals surface area contributed by atoms with Gasteiger partial charge in [-0.2, -0.15) is 0 Å². The molecule has 2 saturated heterocycles. The highest BCUT2D eigenvalue weighted by Crippen LogP contribution is 2.44. The molecule has 1 atom stereocenters. The minimum Gasteiger partial charge on any atom is -0.376 e. The highest BCUT2D eigenvalue weighted by molar-refractivity contribution is 4.94. The van der Waals surface area contributed by atoms with Gasteiger partial charge in [0.15, 0.2) is 0 Å². The molecule has 0 aromatic carbocycles. The molecule has 94 valence electrons. The Morgan fingerprint density at radius 1 is 1.31 bits per heavy atom. The Hall–Kier alpha value is -0.120. The maximum absolute atomic E-state index is 5.84. The standard InChI is InChI=1S/C13H26N2O/c1-12(2)10-13(5-9-16-12)4-3-7-15(11-13)8-6-14/h3-11,14H2,1-2H3/t13-/m0/s1. The van der Waals surface area contributed by atoms with E-state index >= 15 is 0 Å². The van der Waals surface area contributed by atoms with Crippen molar-refractivity contribution in [3.05, 3.63) is 0 Å². The number of hydrogen-bond donors (Lipinski definition) is 1. The minimum absolute atomic E-state index is 0.0734. The van der Waals surface area contributed by atoms with Crippen molar-refractivity contribution in [3.63, 3.8) is 0 Å². The van der Waals surface area contributed by atoms with E-state index in [9.17, 15) is 0 Å². The summed E-state index contributed by atoms with van der Waals surface area (Å²) in [7, 11) is 0. The number of hydrogen-bond acceptors (Lipinski definition) is 3. The van der Waals surface area contributed by atoms with E-state index in [2.05, 4.69) is 18.7 Å². The van der Waals surface area contributed by atoms with E-state index in [1.807, 2.05) is 0 Å². The monoisotopic (exact) mass is 226 g/mol. The van der Waals surface area contributed by atoms with Crippen LogP contribution in [0.15, 0.2) is 0 Å². The van der Waals surface area contributed by atoms with Crippen molar-refractivity contribution < 1.29 is 4.74 Å². The van der Waals surface area contributed by atoms with Gasteiger partial charge in [-0.15, -0.1) is 0 Å². The molecule has 0 aromatic heterocycles. The van der Waals surface area contributed by atoms with E-state index in [0.29, 0.717) is 5.41 Å². The molecule has 2 aliphatic heterocycles. The summed E-state index contributed by atoms with van der Waals surface area (Å²) in [5, 5.41) is 0. The Bertz CT molecular complexity index is 236. The molecule has 3 heteroatoms. The number of piperidine rings is 1. The largest absolute Gasteiger partial charge is 0.376 e. The predicted octanol–water partition coefficient (Wildman–Crippen LogP) is 1.62. The molecule has 16 heavy (non-hydrogen) atoms. The summed E-state index contributed by atoms with van der Waals surface area (Å²) >= 11 is 0. The first-order valence-corrected chi connectivity index (χ1v) is 6.62. The van der Waals surface area contributed by atoms with Gasteiger partial charge in [-0.25, -0.2) is 0 Å². The number of ether oxygens (including phenoxy) is 1. The Morgan fingerprint density at radius 2 is 2.12 bits per heavy atom. The maximum atomic E-state index is 5.84. The quantitative estimate of drug-likeness (QED) is 0.777. The molecule has 0 aromatic rings. The number of likely N-dealkylation sites (tertiary alicyclic amines) is 1. The molecule has 3 nitrogen and oxygen atoms in total. The summed E-state index contributed by atoms with van der Waals surface area (Å²) in [6.45, 7) is 9.71. The van der Waals surface area contributed by atoms with Crippen molar-refractivity contribution in [1.29, 1.82) is 0 Å². The third-order valence-corrected chi connectivity index (χ3v) is 4.11. The van der Waals surface area contributed by atoms with Crippen molar-refractivity contribution >= 4 is 0 Å². The lowest BCUT2D eigenvalue weighted by Gasteiger charge is -2.50. The Kier molecular flexibility index (Phi) is 3.57. The third kappa shape index (κ3) is 2.76. The highest BCUT2D eigenvalue weighted by Gasteiger charge is 2.42. The molecule has 2 heterocycles. The summed E-state index contributed by atoms with van der Waals surface area (Å²) in [6, 6.07) is 0. The molecule has 0 radical (unpaired) electrons. The van der Waals surface area contributed by atoms with E-state index in [-0.39, 0.29) is 5.60 Å². The van der Waals surface area contributed by atoms with Crippen LogP contribution in [-0.4, -0.2) is 43.3 Å². The average Bonchev–Trinajstić information content (AvgIpc) is 2.16. The van der Waals surface area contributed by atoms with Gasteiger partial charge in [0.25, 0.3) is 0 Å². The van der Waals surface area contributed by atoms with E-state index < -0.39 is 0 Å². The SMILES string of the molecule is CC1(C)C[C@]2(CCCN(CCN)C2)CCO1. The summed E-state index contributed by atoms with van der Waals surface area (Å²) in [5.41, 5.74) is 6.25. The smallest absolute Gasteiger partial charge is 0.0632 e. The lowest BCUT2D eigenvalue weighted by Crippen LogP contribution is -2.51. The molecule has 2 N–H and O–H groups in total. The normalized spacial score (nSPS) is 35.4. The fraction of sp³-hybridized carbons (Fsp3) is 1.00. The topological polar surface area (TPSA) is 38.5 Å². The minimum atomic E-state index is 0.0734. The highest BCUT2D eigenvalue weighted by atomic mass is 16.5. The third-order valence-electron chi connectivity index (χ3n) is 4.11. The van der Waals surface area contributed by atoms with Gasteiger partial charge < -0.3 is 15.4 Å². The zero-order valence-electron chi connectivity index (χ0n) is 10.8.